The first kappa shape index (κ1) is 23.9. The molecule has 0 spiro atoms. The standard InChI is InChI=1S/C28H34N6O3/c1-28(10-13-37-14-11-28)33-17-19-15-20(7-8-21(19)27(33)36)31-25-24-23(9-12-30-26(24)35)34(32-25)22-6-4-3-5-18(22)16-29-2/h7-9,12,15-16,18,22H,3-6,10-11,13-14,17H2,1-2H3,(H,30,35)(H,31,32). The van der Waals surface area contributed by atoms with Gasteiger partial charge in [0.2, 0.25) is 0 Å². The number of fused-ring (bicyclic) bond motifs is 2. The zero-order chi connectivity index (χ0) is 25.6. The Morgan fingerprint density at radius 2 is 2.00 bits per heavy atom. The number of amides is 1. The van der Waals surface area contributed by atoms with E-state index in [4.69, 9.17) is 9.84 Å². The smallest absolute Gasteiger partial charge is 0.261 e. The van der Waals surface area contributed by atoms with Crippen LogP contribution in [0.1, 0.15) is 67.4 Å². The van der Waals surface area contributed by atoms with Gasteiger partial charge < -0.3 is 24.9 Å². The molecule has 9 nitrogen and oxygen atoms in total. The van der Waals surface area contributed by atoms with Crippen molar-refractivity contribution in [2.75, 3.05) is 25.6 Å². The summed E-state index contributed by atoms with van der Waals surface area (Å²) in [7, 11) is 1.81. The van der Waals surface area contributed by atoms with Crippen LogP contribution in [0.5, 0.6) is 0 Å². The molecule has 0 bridgehead atoms. The minimum Gasteiger partial charge on any atom is -0.381 e. The number of rotatable bonds is 5. The van der Waals surface area contributed by atoms with Crippen LogP contribution >= 0.6 is 0 Å². The molecule has 2 N–H and O–H groups in total. The Kier molecular flexibility index (Phi) is 6.10. The van der Waals surface area contributed by atoms with Gasteiger partial charge in [0, 0.05) is 61.9 Å². The summed E-state index contributed by atoms with van der Waals surface area (Å²) in [6.45, 7) is 4.10. The largest absolute Gasteiger partial charge is 0.381 e. The molecule has 1 saturated carbocycles. The highest BCUT2D eigenvalue weighted by atomic mass is 16.5. The molecule has 1 amide bonds. The number of ether oxygens (including phenoxy) is 1. The number of nitrogens with zero attached hydrogens (tertiary/aromatic N) is 4. The van der Waals surface area contributed by atoms with Gasteiger partial charge >= 0.3 is 0 Å². The number of H-pyrrole nitrogens is 1. The molecule has 2 unspecified atom stereocenters. The maximum atomic E-state index is 13.2. The van der Waals surface area contributed by atoms with Crippen molar-refractivity contribution < 1.29 is 9.53 Å². The molecule has 1 aliphatic carbocycles. The average Bonchev–Trinajstić information content (AvgIpc) is 3.44. The van der Waals surface area contributed by atoms with Gasteiger partial charge in [-0.15, -0.1) is 0 Å². The first-order valence-electron chi connectivity index (χ1n) is 13.3. The summed E-state index contributed by atoms with van der Waals surface area (Å²) in [5.74, 6) is 0.905. The minimum absolute atomic E-state index is 0.0815. The van der Waals surface area contributed by atoms with E-state index in [1.165, 1.54) is 6.42 Å². The molecule has 2 atom stereocenters. The lowest BCUT2D eigenvalue weighted by Gasteiger charge is -2.41. The van der Waals surface area contributed by atoms with Crippen LogP contribution in [0.4, 0.5) is 11.5 Å². The lowest BCUT2D eigenvalue weighted by molar-refractivity contribution is -0.0110. The molecule has 37 heavy (non-hydrogen) atoms. The van der Waals surface area contributed by atoms with Crippen molar-refractivity contribution in [3.05, 3.63) is 51.9 Å². The number of hydrogen-bond donors (Lipinski definition) is 2. The summed E-state index contributed by atoms with van der Waals surface area (Å²) in [6, 6.07) is 7.90. The van der Waals surface area contributed by atoms with Gasteiger partial charge in [-0.2, -0.15) is 5.10 Å². The second kappa shape index (κ2) is 9.45. The number of aliphatic imine (C=N–C) groups is 1. The summed E-state index contributed by atoms with van der Waals surface area (Å²) in [6.07, 6.45) is 9.77. The van der Waals surface area contributed by atoms with Crippen LogP contribution < -0.4 is 10.9 Å². The van der Waals surface area contributed by atoms with Gasteiger partial charge in [-0.05, 0) is 62.4 Å². The quantitative estimate of drug-likeness (QED) is 0.503. The number of aromatic nitrogens is 3. The van der Waals surface area contributed by atoms with E-state index in [2.05, 4.69) is 22.2 Å². The number of nitrogens with one attached hydrogen (secondary N) is 2. The van der Waals surface area contributed by atoms with Crippen LogP contribution in [0.25, 0.3) is 10.9 Å². The third-order valence-electron chi connectivity index (χ3n) is 8.46. The maximum Gasteiger partial charge on any atom is 0.261 e. The van der Waals surface area contributed by atoms with E-state index in [1.54, 1.807) is 6.20 Å². The van der Waals surface area contributed by atoms with Crippen LogP contribution in [0.15, 0.2) is 40.2 Å². The van der Waals surface area contributed by atoms with Crippen molar-refractivity contribution in [1.29, 1.82) is 0 Å². The van der Waals surface area contributed by atoms with Crippen molar-refractivity contribution in [1.82, 2.24) is 19.7 Å². The van der Waals surface area contributed by atoms with Gasteiger partial charge in [0.05, 0.1) is 11.6 Å². The summed E-state index contributed by atoms with van der Waals surface area (Å²) in [5, 5.41) is 8.90. The molecule has 6 rings (SSSR count). The molecule has 1 saturated heterocycles. The topological polar surface area (TPSA) is 105 Å². The molecular formula is C28H34N6O3. The fraction of sp³-hybridized carbons (Fsp3) is 0.500. The highest BCUT2D eigenvalue weighted by molar-refractivity contribution is 5.99. The van der Waals surface area contributed by atoms with Crippen molar-refractivity contribution in [2.45, 2.75) is 63.6 Å². The SMILES string of the molecule is CN=CC1CCCCC1n1nc(Nc2ccc3c(c2)CN(C2(C)CCOCC2)C3=O)c2c(=O)[nH]ccc21. The zero-order valence-corrected chi connectivity index (χ0v) is 21.5. The molecule has 0 radical (unpaired) electrons. The molecule has 1 aromatic carbocycles. The van der Waals surface area contributed by atoms with Gasteiger partial charge in [0.1, 0.15) is 5.39 Å². The Morgan fingerprint density at radius 1 is 1.19 bits per heavy atom. The van der Waals surface area contributed by atoms with Gasteiger partial charge in [-0.1, -0.05) is 12.8 Å². The van der Waals surface area contributed by atoms with E-state index >= 15 is 0 Å². The van der Waals surface area contributed by atoms with Crippen molar-refractivity contribution in [3.8, 4) is 0 Å². The third kappa shape index (κ3) is 4.15. The first-order valence-corrected chi connectivity index (χ1v) is 13.3. The van der Waals surface area contributed by atoms with Crippen LogP contribution in [0.2, 0.25) is 0 Å². The van der Waals surface area contributed by atoms with E-state index in [0.29, 0.717) is 31.0 Å². The number of carbonyl (C=O) groups is 1. The van der Waals surface area contributed by atoms with Gasteiger partial charge in [0.25, 0.3) is 11.5 Å². The van der Waals surface area contributed by atoms with Gasteiger partial charge in [-0.3, -0.25) is 14.3 Å². The van der Waals surface area contributed by atoms with Crippen LogP contribution in [0.3, 0.4) is 0 Å². The molecule has 2 fully saturated rings. The van der Waals surface area contributed by atoms with E-state index < -0.39 is 0 Å². The lowest BCUT2D eigenvalue weighted by atomic mass is 9.85. The predicted octanol–water partition coefficient (Wildman–Crippen LogP) is 4.43. The molecule has 9 heteroatoms. The van der Waals surface area contributed by atoms with Gasteiger partial charge in [-0.25, -0.2) is 0 Å². The summed E-state index contributed by atoms with van der Waals surface area (Å²) in [5.41, 5.74) is 3.01. The summed E-state index contributed by atoms with van der Waals surface area (Å²) in [4.78, 5) is 35.3. The van der Waals surface area contributed by atoms with E-state index in [0.717, 1.165) is 54.4 Å². The van der Waals surface area contributed by atoms with E-state index in [9.17, 15) is 9.59 Å². The second-order valence-electron chi connectivity index (χ2n) is 10.8. The maximum absolute atomic E-state index is 13.2. The molecule has 3 aromatic rings. The Hall–Kier alpha value is -3.46. The normalized spacial score (nSPS) is 23.6. The molecule has 3 aliphatic rings. The molecular weight excluding hydrogens is 468 g/mol. The Morgan fingerprint density at radius 3 is 2.81 bits per heavy atom. The number of pyridine rings is 1. The minimum atomic E-state index is -0.192. The number of anilines is 2. The number of benzene rings is 1. The predicted molar refractivity (Wildman–Crippen MR) is 144 cm³/mol. The Labute approximate surface area is 215 Å². The summed E-state index contributed by atoms with van der Waals surface area (Å²) < 4.78 is 7.56. The molecule has 2 aromatic heterocycles. The Balaban J connectivity index is 1.33. The van der Waals surface area contributed by atoms with Crippen molar-refractivity contribution in [3.63, 3.8) is 0 Å². The highest BCUT2D eigenvalue weighted by Crippen LogP contribution is 2.38. The van der Waals surface area contributed by atoms with Crippen LogP contribution in [0, 0.1) is 5.92 Å². The molecule has 2 aliphatic heterocycles. The van der Waals surface area contributed by atoms with Crippen molar-refractivity contribution in [2.24, 2.45) is 10.9 Å². The highest BCUT2D eigenvalue weighted by Gasteiger charge is 2.41. The van der Waals surface area contributed by atoms with Crippen LogP contribution in [-0.4, -0.2) is 57.6 Å². The number of aromatic amines is 1. The number of carbonyl (C=O) groups excluding carboxylic acids is 1. The second-order valence-corrected chi connectivity index (χ2v) is 10.8. The molecule has 194 valence electrons. The first-order chi connectivity index (χ1) is 18.0. The summed E-state index contributed by atoms with van der Waals surface area (Å²) >= 11 is 0. The fourth-order valence-electron chi connectivity index (χ4n) is 6.30. The molecule has 4 heterocycles. The van der Waals surface area contributed by atoms with Crippen LogP contribution in [-0.2, 0) is 11.3 Å². The van der Waals surface area contributed by atoms with E-state index in [1.807, 2.05) is 47.1 Å². The zero-order valence-electron chi connectivity index (χ0n) is 21.5. The average molecular weight is 503 g/mol. The van der Waals surface area contributed by atoms with Gasteiger partial charge in [0.15, 0.2) is 5.82 Å². The number of hydrogen-bond acceptors (Lipinski definition) is 6. The lowest BCUT2D eigenvalue weighted by Crippen LogP contribution is -2.49. The monoisotopic (exact) mass is 502 g/mol. The van der Waals surface area contributed by atoms with E-state index in [-0.39, 0.29) is 29.0 Å². The third-order valence-corrected chi connectivity index (χ3v) is 8.46. The fourth-order valence-corrected chi connectivity index (χ4v) is 6.30. The van der Waals surface area contributed by atoms with Crippen molar-refractivity contribution >= 4 is 34.5 Å². The Bertz CT molecular complexity index is 1420.